The predicted molar refractivity (Wildman–Crippen MR) is 104 cm³/mol. The van der Waals surface area contributed by atoms with E-state index in [1.807, 2.05) is 54.6 Å². The third kappa shape index (κ3) is 5.97. The second-order valence-electron chi connectivity index (χ2n) is 6.35. The third-order valence-corrected chi connectivity index (χ3v) is 4.21. The van der Waals surface area contributed by atoms with E-state index in [0.717, 1.165) is 22.6 Å². The Morgan fingerprint density at radius 1 is 1.11 bits per heavy atom. The van der Waals surface area contributed by atoms with Gasteiger partial charge in [-0.2, -0.15) is 0 Å². The van der Waals surface area contributed by atoms with E-state index in [4.69, 9.17) is 10.5 Å². The number of carbonyl (C=O) groups is 1. The highest BCUT2D eigenvalue weighted by Gasteiger charge is 2.13. The molecule has 1 amide bonds. The minimum absolute atomic E-state index is 0.154. The number of aromatic amines is 1. The second-order valence-corrected chi connectivity index (χ2v) is 6.35. The number of hydrogen-bond acceptors (Lipinski definition) is 4. The van der Waals surface area contributed by atoms with E-state index in [2.05, 4.69) is 15.3 Å². The van der Waals surface area contributed by atoms with Gasteiger partial charge in [0.2, 0.25) is 5.91 Å². The molecule has 0 spiro atoms. The van der Waals surface area contributed by atoms with Gasteiger partial charge in [0.1, 0.15) is 12.4 Å². The average molecular weight is 364 g/mol. The molecule has 3 aromatic rings. The quantitative estimate of drug-likeness (QED) is 0.543. The molecule has 2 aromatic carbocycles. The lowest BCUT2D eigenvalue weighted by molar-refractivity contribution is -0.122. The molecule has 1 heterocycles. The number of rotatable bonds is 9. The Kier molecular flexibility index (Phi) is 6.60. The summed E-state index contributed by atoms with van der Waals surface area (Å²) in [6, 6.07) is 17.1. The van der Waals surface area contributed by atoms with Crippen LogP contribution in [0.15, 0.2) is 67.1 Å². The molecule has 0 radical (unpaired) electrons. The maximum atomic E-state index is 12.1. The maximum Gasteiger partial charge on any atom is 0.237 e. The van der Waals surface area contributed by atoms with Crippen LogP contribution in [0.4, 0.5) is 0 Å². The zero-order valence-electron chi connectivity index (χ0n) is 15.1. The van der Waals surface area contributed by atoms with Crippen LogP contribution in [0.2, 0.25) is 0 Å². The van der Waals surface area contributed by atoms with Crippen LogP contribution in [-0.4, -0.2) is 28.5 Å². The van der Waals surface area contributed by atoms with Gasteiger partial charge in [-0.05, 0) is 29.7 Å². The molecule has 6 nitrogen and oxygen atoms in total. The number of nitrogens with one attached hydrogen (secondary N) is 2. The van der Waals surface area contributed by atoms with E-state index in [9.17, 15) is 4.79 Å². The molecule has 0 bridgehead atoms. The van der Waals surface area contributed by atoms with Gasteiger partial charge in [-0.3, -0.25) is 4.79 Å². The summed E-state index contributed by atoms with van der Waals surface area (Å²) in [4.78, 5) is 19.1. The molecule has 0 saturated carbocycles. The molecule has 0 unspecified atom stereocenters. The lowest BCUT2D eigenvalue weighted by Gasteiger charge is -2.13. The topological polar surface area (TPSA) is 93.0 Å². The van der Waals surface area contributed by atoms with Crippen molar-refractivity contribution in [2.45, 2.75) is 25.5 Å². The lowest BCUT2D eigenvalue weighted by atomic mass is 10.1. The predicted octanol–water partition coefficient (Wildman–Crippen LogP) is 2.22. The lowest BCUT2D eigenvalue weighted by Crippen LogP contribution is -2.42. The van der Waals surface area contributed by atoms with Crippen molar-refractivity contribution in [3.8, 4) is 5.75 Å². The van der Waals surface area contributed by atoms with Crippen LogP contribution < -0.4 is 15.8 Å². The van der Waals surface area contributed by atoms with Crippen LogP contribution in [0, 0.1) is 0 Å². The molecule has 27 heavy (non-hydrogen) atoms. The number of ether oxygens (including phenoxy) is 1. The molecule has 0 saturated heterocycles. The van der Waals surface area contributed by atoms with Crippen molar-refractivity contribution >= 4 is 5.91 Å². The second kappa shape index (κ2) is 9.54. The van der Waals surface area contributed by atoms with Gasteiger partial charge in [0, 0.05) is 24.9 Å². The van der Waals surface area contributed by atoms with Crippen LogP contribution in [-0.2, 0) is 24.2 Å². The van der Waals surface area contributed by atoms with Crippen LogP contribution >= 0.6 is 0 Å². The number of imidazole rings is 1. The number of hydrogen-bond donors (Lipinski definition) is 3. The first-order valence-electron chi connectivity index (χ1n) is 8.97. The highest BCUT2D eigenvalue weighted by atomic mass is 16.5. The number of benzene rings is 2. The van der Waals surface area contributed by atoms with Crippen LogP contribution in [0.3, 0.4) is 0 Å². The summed E-state index contributed by atoms with van der Waals surface area (Å²) in [6.07, 6.45) is 4.55. The summed E-state index contributed by atoms with van der Waals surface area (Å²) in [5, 5.41) is 2.85. The van der Waals surface area contributed by atoms with Crippen molar-refractivity contribution in [2.24, 2.45) is 5.73 Å². The molecule has 0 aliphatic rings. The Morgan fingerprint density at radius 3 is 2.59 bits per heavy atom. The highest BCUT2D eigenvalue weighted by Crippen LogP contribution is 2.15. The summed E-state index contributed by atoms with van der Waals surface area (Å²) in [5.74, 6) is 0.638. The van der Waals surface area contributed by atoms with Gasteiger partial charge in [-0.15, -0.1) is 0 Å². The number of amides is 1. The van der Waals surface area contributed by atoms with Crippen LogP contribution in [0.1, 0.15) is 16.8 Å². The SMILES string of the molecule is N[C@@H](Cc1ccc(OCc2ccccc2)cc1)C(=O)NCCc1cnc[nH]1. The number of nitrogens with two attached hydrogens (primary N) is 1. The van der Waals surface area contributed by atoms with Crippen molar-refractivity contribution < 1.29 is 9.53 Å². The largest absolute Gasteiger partial charge is 0.489 e. The van der Waals surface area contributed by atoms with Gasteiger partial charge >= 0.3 is 0 Å². The van der Waals surface area contributed by atoms with E-state index in [1.54, 1.807) is 12.5 Å². The molecule has 0 aliphatic carbocycles. The summed E-state index contributed by atoms with van der Waals surface area (Å²) >= 11 is 0. The summed E-state index contributed by atoms with van der Waals surface area (Å²) in [5.41, 5.74) is 9.12. The van der Waals surface area contributed by atoms with Gasteiger partial charge in [-0.1, -0.05) is 42.5 Å². The molecule has 1 aromatic heterocycles. The first kappa shape index (κ1) is 18.7. The molecule has 4 N–H and O–H groups in total. The number of H-pyrrole nitrogens is 1. The van der Waals surface area contributed by atoms with Crippen molar-refractivity contribution in [2.75, 3.05) is 6.54 Å². The summed E-state index contributed by atoms with van der Waals surface area (Å²) in [7, 11) is 0. The molecule has 140 valence electrons. The molecule has 1 atom stereocenters. The Bertz CT molecular complexity index is 817. The first-order chi connectivity index (χ1) is 13.2. The van der Waals surface area contributed by atoms with Gasteiger partial charge in [-0.25, -0.2) is 4.98 Å². The van der Waals surface area contributed by atoms with Crippen molar-refractivity contribution in [1.29, 1.82) is 0 Å². The fourth-order valence-corrected chi connectivity index (χ4v) is 2.68. The first-order valence-corrected chi connectivity index (χ1v) is 8.97. The smallest absolute Gasteiger partial charge is 0.237 e. The van der Waals surface area contributed by atoms with E-state index in [0.29, 0.717) is 26.0 Å². The Balaban J connectivity index is 1.42. The van der Waals surface area contributed by atoms with Crippen molar-refractivity contribution in [3.05, 3.63) is 83.9 Å². The Labute approximate surface area is 158 Å². The van der Waals surface area contributed by atoms with Crippen molar-refractivity contribution in [3.63, 3.8) is 0 Å². The van der Waals surface area contributed by atoms with E-state index in [1.165, 1.54) is 0 Å². The normalized spacial score (nSPS) is 11.7. The maximum absolute atomic E-state index is 12.1. The highest BCUT2D eigenvalue weighted by molar-refractivity contribution is 5.81. The van der Waals surface area contributed by atoms with E-state index >= 15 is 0 Å². The van der Waals surface area contributed by atoms with Gasteiger partial charge in [0.15, 0.2) is 0 Å². The molecular formula is C21H24N4O2. The molecule has 0 fully saturated rings. The number of aromatic nitrogens is 2. The van der Waals surface area contributed by atoms with Gasteiger partial charge < -0.3 is 20.8 Å². The van der Waals surface area contributed by atoms with Crippen LogP contribution in [0.25, 0.3) is 0 Å². The molecule has 6 heteroatoms. The minimum Gasteiger partial charge on any atom is -0.489 e. The van der Waals surface area contributed by atoms with Crippen molar-refractivity contribution in [1.82, 2.24) is 15.3 Å². The molecule has 0 aliphatic heterocycles. The van der Waals surface area contributed by atoms with Gasteiger partial charge in [0.05, 0.1) is 12.4 Å². The third-order valence-electron chi connectivity index (χ3n) is 4.21. The van der Waals surface area contributed by atoms with Crippen LogP contribution in [0.5, 0.6) is 5.75 Å². The number of carbonyl (C=O) groups excluding carboxylic acids is 1. The molecule has 3 rings (SSSR count). The standard InChI is InChI=1S/C21H24N4O2/c22-20(21(26)24-11-10-18-13-23-15-25-18)12-16-6-8-19(9-7-16)27-14-17-4-2-1-3-5-17/h1-9,13,15,20H,10-12,14,22H2,(H,23,25)(H,24,26)/t20-/m0/s1. The Morgan fingerprint density at radius 2 is 1.89 bits per heavy atom. The number of nitrogens with zero attached hydrogens (tertiary/aromatic N) is 1. The summed E-state index contributed by atoms with van der Waals surface area (Å²) in [6.45, 7) is 1.05. The minimum atomic E-state index is -0.581. The van der Waals surface area contributed by atoms with E-state index < -0.39 is 6.04 Å². The fraction of sp³-hybridized carbons (Fsp3) is 0.238. The monoisotopic (exact) mass is 364 g/mol. The average Bonchev–Trinajstić information content (AvgIpc) is 3.21. The van der Waals surface area contributed by atoms with E-state index in [-0.39, 0.29) is 5.91 Å². The zero-order chi connectivity index (χ0) is 18.9. The Hall–Kier alpha value is -3.12. The summed E-state index contributed by atoms with van der Waals surface area (Å²) < 4.78 is 5.77. The van der Waals surface area contributed by atoms with Gasteiger partial charge in [0.25, 0.3) is 0 Å². The molecular weight excluding hydrogens is 340 g/mol. The fourth-order valence-electron chi connectivity index (χ4n) is 2.68. The zero-order valence-corrected chi connectivity index (χ0v) is 15.1.